The lowest BCUT2D eigenvalue weighted by molar-refractivity contribution is 0.0693. The van der Waals surface area contributed by atoms with E-state index in [1.165, 1.54) is 0 Å². The maximum absolute atomic E-state index is 12.6. The number of fused-ring (bicyclic) bond motifs is 1. The van der Waals surface area contributed by atoms with Crippen molar-refractivity contribution in [1.29, 1.82) is 0 Å². The average molecular weight is 303 g/mol. The molecule has 0 aliphatic rings. The van der Waals surface area contributed by atoms with E-state index >= 15 is 0 Å². The maximum Gasteiger partial charge on any atom is 0.341 e. The molecule has 1 aromatic heterocycles. The Morgan fingerprint density at radius 2 is 1.86 bits per heavy atom. The van der Waals surface area contributed by atoms with Gasteiger partial charge in [-0.05, 0) is 52.8 Å². The minimum absolute atomic E-state index is 0.0193. The van der Waals surface area contributed by atoms with Crippen LogP contribution in [0.4, 0.5) is 0 Å². The monoisotopic (exact) mass is 303 g/mol. The molecule has 0 amide bonds. The molecule has 2 aromatic rings. The first kappa shape index (κ1) is 16.1. The zero-order valence-electron chi connectivity index (χ0n) is 13.5. The van der Waals surface area contributed by atoms with Gasteiger partial charge >= 0.3 is 5.97 Å². The number of nitrogens with zero attached hydrogens (tertiary/aromatic N) is 1. The molecule has 1 aromatic carbocycles. The number of aromatic nitrogens is 1. The number of ether oxygens (including phenoxy) is 1. The quantitative estimate of drug-likeness (QED) is 0.940. The minimum Gasteiger partial charge on any atom is -0.491 e. The van der Waals surface area contributed by atoms with Crippen LogP contribution in [-0.4, -0.2) is 21.7 Å². The number of pyridine rings is 1. The Morgan fingerprint density at radius 1 is 1.23 bits per heavy atom. The molecule has 0 bridgehead atoms. The normalized spacial score (nSPS) is 11.4. The molecular weight excluding hydrogens is 282 g/mol. The van der Waals surface area contributed by atoms with Crippen LogP contribution in [-0.2, 0) is 0 Å². The van der Waals surface area contributed by atoms with Gasteiger partial charge in [0, 0.05) is 11.7 Å². The van der Waals surface area contributed by atoms with E-state index in [0.717, 1.165) is 5.52 Å². The van der Waals surface area contributed by atoms with Crippen molar-refractivity contribution in [2.45, 2.75) is 46.8 Å². The van der Waals surface area contributed by atoms with Crippen LogP contribution < -0.4 is 10.2 Å². The Morgan fingerprint density at radius 3 is 2.36 bits per heavy atom. The first-order valence-electron chi connectivity index (χ1n) is 7.32. The van der Waals surface area contributed by atoms with E-state index in [4.69, 9.17) is 4.74 Å². The van der Waals surface area contributed by atoms with Crippen molar-refractivity contribution in [3.8, 4) is 5.75 Å². The second-order valence-corrected chi connectivity index (χ2v) is 5.90. The number of hydrogen-bond donors (Lipinski definition) is 1. The Hall–Kier alpha value is -2.30. The van der Waals surface area contributed by atoms with Crippen LogP contribution in [0.5, 0.6) is 5.75 Å². The Balaban J connectivity index is 2.89. The van der Waals surface area contributed by atoms with E-state index in [2.05, 4.69) is 0 Å². The first-order valence-corrected chi connectivity index (χ1v) is 7.32. The molecule has 2 rings (SSSR count). The molecule has 5 nitrogen and oxygen atoms in total. The molecule has 0 unspecified atom stereocenters. The van der Waals surface area contributed by atoms with Gasteiger partial charge in [0.2, 0.25) is 5.43 Å². The Kier molecular flexibility index (Phi) is 4.26. The van der Waals surface area contributed by atoms with E-state index in [9.17, 15) is 14.7 Å². The summed E-state index contributed by atoms with van der Waals surface area (Å²) in [6.45, 7) is 9.38. The predicted octanol–water partition coefficient (Wildman–Crippen LogP) is 3.38. The fourth-order valence-electron chi connectivity index (χ4n) is 2.77. The molecule has 22 heavy (non-hydrogen) atoms. The summed E-state index contributed by atoms with van der Waals surface area (Å²) in [5.41, 5.74) is 0.546. The fraction of sp³-hybridized carbons (Fsp3) is 0.412. The summed E-state index contributed by atoms with van der Waals surface area (Å²) >= 11 is 0. The van der Waals surface area contributed by atoms with Gasteiger partial charge in [-0.2, -0.15) is 0 Å². The molecule has 0 saturated carbocycles. The van der Waals surface area contributed by atoms with Gasteiger partial charge in [-0.3, -0.25) is 4.79 Å². The highest BCUT2D eigenvalue weighted by atomic mass is 16.5. The van der Waals surface area contributed by atoms with Gasteiger partial charge in [-0.15, -0.1) is 0 Å². The molecule has 0 aliphatic heterocycles. The van der Waals surface area contributed by atoms with E-state index in [1.54, 1.807) is 19.1 Å². The molecular formula is C17H21NO4. The highest BCUT2D eigenvalue weighted by molar-refractivity contribution is 5.94. The SMILES string of the molecule is Cc1c(C(=O)O)c(=O)c2cc(OC(C)C)ccc2n1C(C)C. The van der Waals surface area contributed by atoms with Crippen LogP contribution in [0.1, 0.15) is 49.8 Å². The zero-order valence-corrected chi connectivity index (χ0v) is 13.5. The molecule has 118 valence electrons. The fourth-order valence-corrected chi connectivity index (χ4v) is 2.77. The average Bonchev–Trinajstić information content (AvgIpc) is 2.38. The summed E-state index contributed by atoms with van der Waals surface area (Å²) in [7, 11) is 0. The molecule has 0 saturated heterocycles. The number of rotatable bonds is 4. The third-order valence-electron chi connectivity index (χ3n) is 3.52. The second kappa shape index (κ2) is 5.83. The molecule has 0 fully saturated rings. The van der Waals surface area contributed by atoms with Crippen LogP contribution in [0.3, 0.4) is 0 Å². The Bertz CT molecular complexity index is 787. The van der Waals surface area contributed by atoms with Crippen molar-refractivity contribution in [1.82, 2.24) is 4.57 Å². The van der Waals surface area contributed by atoms with E-state index in [-0.39, 0.29) is 17.7 Å². The van der Waals surface area contributed by atoms with Crippen molar-refractivity contribution < 1.29 is 14.6 Å². The van der Waals surface area contributed by atoms with Crippen LogP contribution in [0.2, 0.25) is 0 Å². The van der Waals surface area contributed by atoms with E-state index in [1.807, 2.05) is 38.3 Å². The van der Waals surface area contributed by atoms with Crippen LogP contribution in [0, 0.1) is 6.92 Å². The maximum atomic E-state index is 12.6. The van der Waals surface area contributed by atoms with Gasteiger partial charge < -0.3 is 14.4 Å². The number of carboxylic acid groups (broad SMARTS) is 1. The lowest BCUT2D eigenvalue weighted by atomic mass is 10.1. The molecule has 0 atom stereocenters. The number of hydrogen-bond acceptors (Lipinski definition) is 3. The summed E-state index contributed by atoms with van der Waals surface area (Å²) in [5, 5.41) is 9.75. The number of aromatic carboxylic acids is 1. The molecule has 1 N–H and O–H groups in total. The summed E-state index contributed by atoms with van der Waals surface area (Å²) in [4.78, 5) is 24.0. The van der Waals surface area contributed by atoms with Gasteiger partial charge in [-0.1, -0.05) is 0 Å². The van der Waals surface area contributed by atoms with Crippen molar-refractivity contribution in [2.75, 3.05) is 0 Å². The summed E-state index contributed by atoms with van der Waals surface area (Å²) in [5.74, 6) is -0.635. The van der Waals surface area contributed by atoms with Crippen molar-refractivity contribution in [2.24, 2.45) is 0 Å². The van der Waals surface area contributed by atoms with Crippen molar-refractivity contribution in [3.63, 3.8) is 0 Å². The topological polar surface area (TPSA) is 68.5 Å². The van der Waals surface area contributed by atoms with Crippen molar-refractivity contribution in [3.05, 3.63) is 39.7 Å². The van der Waals surface area contributed by atoms with Gasteiger partial charge in [0.25, 0.3) is 0 Å². The molecule has 0 spiro atoms. The van der Waals surface area contributed by atoms with E-state index < -0.39 is 11.4 Å². The zero-order chi connectivity index (χ0) is 16.6. The summed E-state index contributed by atoms with van der Waals surface area (Å²) in [6, 6.07) is 5.29. The smallest absolute Gasteiger partial charge is 0.341 e. The number of benzene rings is 1. The van der Waals surface area contributed by atoms with Gasteiger partial charge in [0.1, 0.15) is 11.3 Å². The number of carboxylic acids is 1. The molecule has 0 radical (unpaired) electrons. The van der Waals surface area contributed by atoms with Gasteiger partial charge in [0.15, 0.2) is 0 Å². The van der Waals surface area contributed by atoms with Gasteiger partial charge in [-0.25, -0.2) is 4.79 Å². The van der Waals surface area contributed by atoms with Crippen LogP contribution in [0.25, 0.3) is 10.9 Å². The third kappa shape index (κ3) is 2.71. The predicted molar refractivity (Wildman–Crippen MR) is 86.1 cm³/mol. The third-order valence-corrected chi connectivity index (χ3v) is 3.52. The second-order valence-electron chi connectivity index (χ2n) is 5.90. The number of carbonyl (C=O) groups is 1. The van der Waals surface area contributed by atoms with Crippen LogP contribution >= 0.6 is 0 Å². The molecule has 0 aliphatic carbocycles. The Labute approximate surface area is 129 Å². The van der Waals surface area contributed by atoms with E-state index in [0.29, 0.717) is 16.8 Å². The summed E-state index contributed by atoms with van der Waals surface area (Å²) in [6.07, 6.45) is -0.0193. The highest BCUT2D eigenvalue weighted by Gasteiger charge is 2.20. The van der Waals surface area contributed by atoms with Crippen LogP contribution in [0.15, 0.2) is 23.0 Å². The lowest BCUT2D eigenvalue weighted by Gasteiger charge is -2.20. The van der Waals surface area contributed by atoms with Crippen molar-refractivity contribution >= 4 is 16.9 Å². The minimum atomic E-state index is -1.20. The van der Waals surface area contributed by atoms with Gasteiger partial charge in [0.05, 0.1) is 17.0 Å². The molecule has 1 heterocycles. The largest absolute Gasteiger partial charge is 0.491 e. The highest BCUT2D eigenvalue weighted by Crippen LogP contribution is 2.25. The molecule has 5 heteroatoms. The summed E-state index contributed by atoms with van der Waals surface area (Å²) < 4.78 is 7.49. The first-order chi connectivity index (χ1) is 10.2. The lowest BCUT2D eigenvalue weighted by Crippen LogP contribution is -2.23. The standard InChI is InChI=1S/C17H21NO4/c1-9(2)18-11(5)15(17(20)21)16(19)13-8-12(22-10(3)4)6-7-14(13)18/h6-10H,1-5H3,(H,20,21).